The molecule has 1 N–H and O–H groups in total. The van der Waals surface area contributed by atoms with Crippen LogP contribution in [0.1, 0.15) is 18.4 Å². The van der Waals surface area contributed by atoms with E-state index in [9.17, 15) is 9.59 Å². The van der Waals surface area contributed by atoms with Gasteiger partial charge in [0.25, 0.3) is 5.91 Å². The van der Waals surface area contributed by atoms with Crippen molar-refractivity contribution in [1.82, 2.24) is 14.8 Å². The molecule has 2 aromatic carbocycles. The van der Waals surface area contributed by atoms with Crippen molar-refractivity contribution < 1.29 is 14.3 Å². The Morgan fingerprint density at radius 2 is 2.00 bits per heavy atom. The highest BCUT2D eigenvalue weighted by molar-refractivity contribution is 7.80. The maximum absolute atomic E-state index is 13.4. The van der Waals surface area contributed by atoms with E-state index in [1.54, 1.807) is 36.2 Å². The summed E-state index contributed by atoms with van der Waals surface area (Å²) in [4.78, 5) is 29.2. The molecular weight excluding hydrogens is 484 g/mol. The molecule has 3 aromatic rings. The first-order valence-corrected chi connectivity index (χ1v) is 12.3. The van der Waals surface area contributed by atoms with Crippen molar-refractivity contribution >= 4 is 63.4 Å². The Labute approximate surface area is 213 Å². The SMILES string of the molecule is CN1C(=S)N(c2ccc(Cl)cc2)C(=O)/C1=C/c1cn(CC(=O)NC[C@H]2CCCO2)c2ccccc12. The smallest absolute Gasteiger partial charge is 0.281 e. The normalized spacial score (nSPS) is 19.4. The minimum absolute atomic E-state index is 0.0791. The third-order valence-electron chi connectivity index (χ3n) is 6.32. The zero-order valence-corrected chi connectivity index (χ0v) is 20.8. The van der Waals surface area contributed by atoms with Crippen molar-refractivity contribution in [2.75, 3.05) is 25.1 Å². The summed E-state index contributed by atoms with van der Waals surface area (Å²) in [6.45, 7) is 1.45. The summed E-state index contributed by atoms with van der Waals surface area (Å²) in [6, 6.07) is 14.8. The summed E-state index contributed by atoms with van der Waals surface area (Å²) in [6.07, 6.45) is 5.83. The van der Waals surface area contributed by atoms with Crippen molar-refractivity contribution in [3.8, 4) is 0 Å². The van der Waals surface area contributed by atoms with Crippen LogP contribution < -0.4 is 10.2 Å². The van der Waals surface area contributed by atoms with Crippen molar-refractivity contribution in [2.24, 2.45) is 0 Å². The molecule has 1 aromatic heterocycles. The molecule has 7 nitrogen and oxygen atoms in total. The molecule has 0 spiro atoms. The fourth-order valence-electron chi connectivity index (χ4n) is 4.49. The largest absolute Gasteiger partial charge is 0.376 e. The molecule has 0 radical (unpaired) electrons. The van der Waals surface area contributed by atoms with E-state index in [0.717, 1.165) is 35.9 Å². The molecular formula is C26H25ClN4O3S. The number of amides is 2. The fourth-order valence-corrected chi connectivity index (χ4v) is 4.90. The van der Waals surface area contributed by atoms with Crippen molar-refractivity contribution in [3.63, 3.8) is 0 Å². The molecule has 2 fully saturated rings. The van der Waals surface area contributed by atoms with E-state index in [1.807, 2.05) is 41.1 Å². The third-order valence-corrected chi connectivity index (χ3v) is 7.03. The Bertz CT molecular complexity index is 1330. The van der Waals surface area contributed by atoms with Gasteiger partial charge in [0.1, 0.15) is 12.2 Å². The number of anilines is 1. The van der Waals surface area contributed by atoms with Crippen LogP contribution in [0.25, 0.3) is 17.0 Å². The zero-order chi connectivity index (χ0) is 24.5. The predicted octanol–water partition coefficient (Wildman–Crippen LogP) is 4.19. The van der Waals surface area contributed by atoms with Crippen LogP contribution in [0, 0.1) is 0 Å². The van der Waals surface area contributed by atoms with Crippen LogP contribution in [0.5, 0.6) is 0 Å². The molecule has 9 heteroatoms. The lowest BCUT2D eigenvalue weighted by Crippen LogP contribution is -2.34. The highest BCUT2D eigenvalue weighted by Gasteiger charge is 2.37. The van der Waals surface area contributed by atoms with Gasteiger partial charge in [-0.3, -0.25) is 14.5 Å². The second kappa shape index (κ2) is 9.81. The minimum Gasteiger partial charge on any atom is -0.376 e. The van der Waals surface area contributed by atoms with Gasteiger partial charge in [0.15, 0.2) is 5.11 Å². The molecule has 5 rings (SSSR count). The number of likely N-dealkylation sites (N-methyl/N-ethyl adjacent to an activating group) is 1. The number of nitrogens with one attached hydrogen (secondary N) is 1. The van der Waals surface area contributed by atoms with Gasteiger partial charge in [-0.25, -0.2) is 0 Å². The van der Waals surface area contributed by atoms with E-state index in [-0.39, 0.29) is 24.5 Å². The van der Waals surface area contributed by atoms with E-state index >= 15 is 0 Å². The summed E-state index contributed by atoms with van der Waals surface area (Å²) in [5, 5.41) is 4.90. The molecule has 0 bridgehead atoms. The summed E-state index contributed by atoms with van der Waals surface area (Å²) in [7, 11) is 1.78. The van der Waals surface area contributed by atoms with Gasteiger partial charge in [-0.05, 0) is 61.5 Å². The molecule has 180 valence electrons. The number of nitrogens with zero attached hydrogens (tertiary/aromatic N) is 3. The topological polar surface area (TPSA) is 66.8 Å². The lowest BCUT2D eigenvalue weighted by Gasteiger charge is -2.16. The molecule has 2 saturated heterocycles. The number of aromatic nitrogens is 1. The van der Waals surface area contributed by atoms with E-state index in [2.05, 4.69) is 5.32 Å². The summed E-state index contributed by atoms with van der Waals surface area (Å²) in [5.74, 6) is -0.296. The number of hydrogen-bond donors (Lipinski definition) is 1. The average molecular weight is 509 g/mol. The van der Waals surface area contributed by atoms with Gasteiger partial charge in [0, 0.05) is 47.9 Å². The third kappa shape index (κ3) is 4.69. The van der Waals surface area contributed by atoms with Crippen molar-refractivity contribution in [2.45, 2.75) is 25.5 Å². The number of carbonyl (C=O) groups is 2. The van der Waals surface area contributed by atoms with Gasteiger partial charge < -0.3 is 19.5 Å². The van der Waals surface area contributed by atoms with Crippen LogP contribution in [-0.2, 0) is 20.9 Å². The van der Waals surface area contributed by atoms with Crippen LogP contribution in [-0.4, -0.2) is 52.7 Å². The Kier molecular flexibility index (Phi) is 6.60. The maximum Gasteiger partial charge on any atom is 0.281 e. The Hall–Kier alpha value is -3.20. The number of para-hydroxylation sites is 1. The van der Waals surface area contributed by atoms with Crippen molar-refractivity contribution in [1.29, 1.82) is 0 Å². The first-order valence-electron chi connectivity index (χ1n) is 11.5. The number of rotatable bonds is 6. The average Bonchev–Trinajstić information content (AvgIpc) is 3.55. The molecule has 2 amide bonds. The second-order valence-electron chi connectivity index (χ2n) is 8.66. The van der Waals surface area contributed by atoms with E-state index in [0.29, 0.717) is 28.1 Å². The number of hydrogen-bond acceptors (Lipinski definition) is 4. The number of ether oxygens (including phenoxy) is 1. The van der Waals surface area contributed by atoms with Crippen LogP contribution >= 0.6 is 23.8 Å². The van der Waals surface area contributed by atoms with Crippen LogP contribution in [0.2, 0.25) is 5.02 Å². The minimum atomic E-state index is -0.217. The Morgan fingerprint density at radius 1 is 1.23 bits per heavy atom. The molecule has 0 aliphatic carbocycles. The van der Waals surface area contributed by atoms with Gasteiger partial charge in [0.05, 0.1) is 11.8 Å². The van der Waals surface area contributed by atoms with E-state index < -0.39 is 0 Å². The first-order chi connectivity index (χ1) is 16.9. The molecule has 0 unspecified atom stereocenters. The summed E-state index contributed by atoms with van der Waals surface area (Å²) in [5.41, 5.74) is 2.86. The van der Waals surface area contributed by atoms with E-state index in [1.165, 1.54) is 4.90 Å². The lowest BCUT2D eigenvalue weighted by atomic mass is 10.1. The molecule has 1 atom stereocenters. The number of thiocarbonyl (C=S) groups is 1. The standard InChI is InChI=1S/C26H25ClN4O3S/c1-29-23(25(33)31(26(29)35)19-10-8-18(27)9-11-19)13-17-15-30(22-7-3-2-6-21(17)22)16-24(32)28-14-20-5-4-12-34-20/h2-3,6-11,13,15,20H,4-5,12,14,16H2,1H3,(H,28,32)/b23-13-/t20-/m1/s1. The highest BCUT2D eigenvalue weighted by atomic mass is 35.5. The van der Waals surface area contributed by atoms with Crippen LogP contribution in [0.4, 0.5) is 5.69 Å². The molecule has 2 aliphatic heterocycles. The lowest BCUT2D eigenvalue weighted by molar-refractivity contribution is -0.122. The second-order valence-corrected chi connectivity index (χ2v) is 9.46. The van der Waals surface area contributed by atoms with Crippen LogP contribution in [0.15, 0.2) is 60.4 Å². The highest BCUT2D eigenvalue weighted by Crippen LogP contribution is 2.31. The quantitative estimate of drug-likeness (QED) is 0.399. The zero-order valence-electron chi connectivity index (χ0n) is 19.2. The van der Waals surface area contributed by atoms with Gasteiger partial charge in [-0.2, -0.15) is 0 Å². The fraction of sp³-hybridized carbons (Fsp3) is 0.269. The molecule has 0 saturated carbocycles. The molecule has 35 heavy (non-hydrogen) atoms. The maximum atomic E-state index is 13.4. The van der Waals surface area contributed by atoms with Crippen LogP contribution in [0.3, 0.4) is 0 Å². The predicted molar refractivity (Wildman–Crippen MR) is 141 cm³/mol. The van der Waals surface area contributed by atoms with Gasteiger partial charge >= 0.3 is 0 Å². The summed E-state index contributed by atoms with van der Waals surface area (Å²) >= 11 is 11.6. The molecule has 2 aliphatic rings. The van der Waals surface area contributed by atoms with Crippen molar-refractivity contribution in [3.05, 3.63) is 71.0 Å². The number of benzene rings is 2. The number of carbonyl (C=O) groups excluding carboxylic acids is 2. The summed E-state index contributed by atoms with van der Waals surface area (Å²) < 4.78 is 7.49. The van der Waals surface area contributed by atoms with Gasteiger partial charge in [-0.15, -0.1) is 0 Å². The van der Waals surface area contributed by atoms with Gasteiger partial charge in [0.2, 0.25) is 5.91 Å². The molecule has 3 heterocycles. The first kappa shape index (κ1) is 23.5. The number of fused-ring (bicyclic) bond motifs is 1. The Balaban J connectivity index is 1.42. The van der Waals surface area contributed by atoms with E-state index in [4.69, 9.17) is 28.6 Å². The number of halogens is 1. The monoisotopic (exact) mass is 508 g/mol. The van der Waals surface area contributed by atoms with Gasteiger partial charge in [-0.1, -0.05) is 29.8 Å². The Morgan fingerprint density at radius 3 is 2.74 bits per heavy atom.